The summed E-state index contributed by atoms with van der Waals surface area (Å²) in [6, 6.07) is 17.5. The van der Waals surface area contributed by atoms with Crippen LogP contribution in [0.1, 0.15) is 27.9 Å². The van der Waals surface area contributed by atoms with Crippen molar-refractivity contribution in [2.24, 2.45) is 0 Å². The maximum Gasteiger partial charge on any atom is 0.251 e. The average Bonchev–Trinajstić information content (AvgIpc) is 2.71. The number of rotatable bonds is 6. The molecule has 1 heterocycles. The number of nitrogens with zero attached hydrogens (tertiary/aromatic N) is 3. The molecule has 2 aromatic carbocycles. The van der Waals surface area contributed by atoms with Crippen LogP contribution in [0.3, 0.4) is 0 Å². The maximum absolute atomic E-state index is 12.1. The summed E-state index contributed by atoms with van der Waals surface area (Å²) in [5.41, 5.74) is 3.77. The van der Waals surface area contributed by atoms with Crippen molar-refractivity contribution in [2.45, 2.75) is 13.3 Å². The van der Waals surface area contributed by atoms with Gasteiger partial charge in [-0.2, -0.15) is 5.26 Å². The van der Waals surface area contributed by atoms with Gasteiger partial charge >= 0.3 is 0 Å². The fourth-order valence-electron chi connectivity index (χ4n) is 3.36. The molecular weight excluding hydrogens is 336 g/mol. The van der Waals surface area contributed by atoms with Crippen molar-refractivity contribution in [3.8, 4) is 6.07 Å². The van der Waals surface area contributed by atoms with E-state index in [9.17, 15) is 4.79 Å². The number of anilines is 1. The number of benzene rings is 2. The number of nitriles is 1. The van der Waals surface area contributed by atoms with Crippen LogP contribution in [0.25, 0.3) is 0 Å². The molecule has 0 bridgehead atoms. The van der Waals surface area contributed by atoms with E-state index in [1.165, 1.54) is 11.3 Å². The summed E-state index contributed by atoms with van der Waals surface area (Å²) in [5, 5.41) is 11.8. The van der Waals surface area contributed by atoms with Gasteiger partial charge in [-0.05, 0) is 61.9 Å². The van der Waals surface area contributed by atoms with Crippen LogP contribution >= 0.6 is 0 Å². The lowest BCUT2D eigenvalue weighted by molar-refractivity contribution is 0.0951. The van der Waals surface area contributed by atoms with Gasteiger partial charge in [0.05, 0.1) is 11.6 Å². The van der Waals surface area contributed by atoms with Crippen LogP contribution in [0.15, 0.2) is 48.5 Å². The van der Waals surface area contributed by atoms with Crippen LogP contribution in [-0.4, -0.2) is 50.1 Å². The highest BCUT2D eigenvalue weighted by atomic mass is 16.1. The van der Waals surface area contributed by atoms with Crippen molar-refractivity contribution >= 4 is 11.6 Å². The number of piperazine rings is 1. The van der Waals surface area contributed by atoms with Crippen LogP contribution in [-0.2, 0) is 0 Å². The van der Waals surface area contributed by atoms with E-state index in [-0.39, 0.29) is 5.91 Å². The van der Waals surface area contributed by atoms with Crippen LogP contribution < -0.4 is 10.2 Å². The number of hydrogen-bond donors (Lipinski definition) is 1. The SMILES string of the molecule is Cc1cccc(N2CCN(CCCNC(=O)c3ccc(C#N)cc3)CC2)c1. The van der Waals surface area contributed by atoms with Gasteiger partial charge in [0.15, 0.2) is 0 Å². The van der Waals surface area contributed by atoms with Crippen LogP contribution in [0.5, 0.6) is 0 Å². The molecular formula is C22H26N4O. The molecule has 2 aromatic rings. The molecule has 0 aromatic heterocycles. The largest absolute Gasteiger partial charge is 0.369 e. The van der Waals surface area contributed by atoms with E-state index >= 15 is 0 Å². The first kappa shape index (κ1) is 18.9. The second-order valence-corrected chi connectivity index (χ2v) is 6.97. The molecule has 1 aliphatic rings. The number of carbonyl (C=O) groups is 1. The van der Waals surface area contributed by atoms with E-state index < -0.39 is 0 Å². The van der Waals surface area contributed by atoms with E-state index in [0.29, 0.717) is 17.7 Å². The summed E-state index contributed by atoms with van der Waals surface area (Å²) in [7, 11) is 0. The highest BCUT2D eigenvalue weighted by molar-refractivity contribution is 5.94. The Morgan fingerprint density at radius 1 is 1.11 bits per heavy atom. The number of aryl methyl sites for hydroxylation is 1. The lowest BCUT2D eigenvalue weighted by atomic mass is 10.1. The molecule has 1 saturated heterocycles. The van der Waals surface area contributed by atoms with E-state index in [0.717, 1.165) is 39.1 Å². The Bertz CT molecular complexity index is 802. The van der Waals surface area contributed by atoms with Crippen LogP contribution in [0, 0.1) is 18.3 Å². The van der Waals surface area contributed by atoms with Crippen molar-refractivity contribution < 1.29 is 4.79 Å². The normalized spacial score (nSPS) is 14.6. The van der Waals surface area contributed by atoms with Gasteiger partial charge in [0.2, 0.25) is 0 Å². The molecule has 1 fully saturated rings. The van der Waals surface area contributed by atoms with Gasteiger partial charge < -0.3 is 10.2 Å². The minimum atomic E-state index is -0.0799. The number of nitrogens with one attached hydrogen (secondary N) is 1. The average molecular weight is 362 g/mol. The molecule has 3 rings (SSSR count). The molecule has 27 heavy (non-hydrogen) atoms. The zero-order valence-corrected chi connectivity index (χ0v) is 15.8. The molecule has 5 heteroatoms. The number of amides is 1. The number of hydrogen-bond acceptors (Lipinski definition) is 4. The molecule has 0 aliphatic carbocycles. The maximum atomic E-state index is 12.1. The molecule has 140 valence electrons. The predicted octanol–water partition coefficient (Wildman–Crippen LogP) is 2.81. The monoisotopic (exact) mass is 362 g/mol. The van der Waals surface area contributed by atoms with Gasteiger partial charge in [-0.25, -0.2) is 0 Å². The third-order valence-electron chi connectivity index (χ3n) is 4.95. The highest BCUT2D eigenvalue weighted by Gasteiger charge is 2.16. The smallest absolute Gasteiger partial charge is 0.251 e. The quantitative estimate of drug-likeness (QED) is 0.803. The lowest BCUT2D eigenvalue weighted by Gasteiger charge is -2.36. The molecule has 0 radical (unpaired) electrons. The predicted molar refractivity (Wildman–Crippen MR) is 108 cm³/mol. The van der Waals surface area contributed by atoms with Gasteiger partial charge in [0.1, 0.15) is 0 Å². The highest BCUT2D eigenvalue weighted by Crippen LogP contribution is 2.17. The molecule has 1 N–H and O–H groups in total. The molecule has 0 saturated carbocycles. The third-order valence-corrected chi connectivity index (χ3v) is 4.95. The van der Waals surface area contributed by atoms with E-state index in [1.807, 2.05) is 0 Å². The molecule has 0 spiro atoms. The van der Waals surface area contributed by atoms with Crippen molar-refractivity contribution in [3.05, 3.63) is 65.2 Å². The standard InChI is InChI=1S/C22H26N4O/c1-18-4-2-5-21(16-18)26-14-12-25(13-15-26)11-3-10-24-22(27)20-8-6-19(17-23)7-9-20/h2,4-9,16H,3,10-15H2,1H3,(H,24,27). The topological polar surface area (TPSA) is 59.4 Å². The Kier molecular flexibility index (Phi) is 6.45. The molecule has 5 nitrogen and oxygen atoms in total. The van der Waals surface area contributed by atoms with Crippen LogP contribution in [0.2, 0.25) is 0 Å². The second-order valence-electron chi connectivity index (χ2n) is 6.97. The summed E-state index contributed by atoms with van der Waals surface area (Å²) in [4.78, 5) is 17.0. The summed E-state index contributed by atoms with van der Waals surface area (Å²) in [6.07, 6.45) is 0.937. The Hall–Kier alpha value is -2.84. The summed E-state index contributed by atoms with van der Waals surface area (Å²) >= 11 is 0. The van der Waals surface area contributed by atoms with E-state index in [4.69, 9.17) is 5.26 Å². The Morgan fingerprint density at radius 2 is 1.85 bits per heavy atom. The minimum Gasteiger partial charge on any atom is -0.369 e. The van der Waals surface area contributed by atoms with E-state index in [2.05, 4.69) is 52.4 Å². The zero-order chi connectivity index (χ0) is 19.1. The Morgan fingerprint density at radius 3 is 2.52 bits per heavy atom. The van der Waals surface area contributed by atoms with Crippen molar-refractivity contribution in [1.82, 2.24) is 10.2 Å². The first-order valence-corrected chi connectivity index (χ1v) is 9.48. The Balaban J connectivity index is 1.35. The second kappa shape index (κ2) is 9.20. The summed E-state index contributed by atoms with van der Waals surface area (Å²) in [5.74, 6) is -0.0799. The minimum absolute atomic E-state index is 0.0799. The third kappa shape index (κ3) is 5.32. The molecule has 1 amide bonds. The number of carbonyl (C=O) groups excluding carboxylic acids is 1. The van der Waals surface area contributed by atoms with Gasteiger partial charge in [0.25, 0.3) is 5.91 Å². The fourth-order valence-corrected chi connectivity index (χ4v) is 3.36. The first-order valence-electron chi connectivity index (χ1n) is 9.48. The van der Waals surface area contributed by atoms with Crippen molar-refractivity contribution in [3.63, 3.8) is 0 Å². The fraction of sp³-hybridized carbons (Fsp3) is 0.364. The zero-order valence-electron chi connectivity index (χ0n) is 15.8. The summed E-state index contributed by atoms with van der Waals surface area (Å²) in [6.45, 7) is 7.98. The summed E-state index contributed by atoms with van der Waals surface area (Å²) < 4.78 is 0. The van der Waals surface area contributed by atoms with Crippen molar-refractivity contribution in [1.29, 1.82) is 5.26 Å². The van der Waals surface area contributed by atoms with Crippen molar-refractivity contribution in [2.75, 3.05) is 44.2 Å². The van der Waals surface area contributed by atoms with Gasteiger partial charge in [0, 0.05) is 44.0 Å². The van der Waals surface area contributed by atoms with Gasteiger partial charge in [-0.15, -0.1) is 0 Å². The molecule has 1 aliphatic heterocycles. The molecule has 0 unspecified atom stereocenters. The van der Waals surface area contributed by atoms with Gasteiger partial charge in [-0.1, -0.05) is 12.1 Å². The van der Waals surface area contributed by atoms with Crippen LogP contribution in [0.4, 0.5) is 5.69 Å². The Labute approximate surface area is 161 Å². The first-order chi connectivity index (χ1) is 13.2. The lowest BCUT2D eigenvalue weighted by Crippen LogP contribution is -2.47. The van der Waals surface area contributed by atoms with Gasteiger partial charge in [-0.3, -0.25) is 9.69 Å². The molecule has 0 atom stereocenters. The van der Waals surface area contributed by atoms with E-state index in [1.54, 1.807) is 24.3 Å².